The number of nitrogens with zero attached hydrogens (tertiary/aromatic N) is 2. The Hall–Kier alpha value is -1.88. The zero-order valence-electron chi connectivity index (χ0n) is 12.8. The third-order valence-corrected chi connectivity index (χ3v) is 4.07. The van der Waals surface area contributed by atoms with Crippen LogP contribution in [0, 0.1) is 5.92 Å². The molecule has 2 N–H and O–H groups in total. The van der Waals surface area contributed by atoms with Gasteiger partial charge in [-0.05, 0) is 25.0 Å². The van der Waals surface area contributed by atoms with Gasteiger partial charge in [-0.3, -0.25) is 4.79 Å². The van der Waals surface area contributed by atoms with Gasteiger partial charge in [0, 0.05) is 18.9 Å². The fourth-order valence-corrected chi connectivity index (χ4v) is 2.19. The van der Waals surface area contributed by atoms with E-state index in [0.717, 1.165) is 17.8 Å². The second-order valence-electron chi connectivity index (χ2n) is 5.82. The standard InChI is InChI=1S/C16H23N3O2/c1-4-12(2)16(3,21)11-17-15(20)9-13-10-19-8-6-5-7-14(19)18-13/h5-8,10,12,21H,4,9,11H2,1-3H3,(H,17,20). The molecule has 0 fully saturated rings. The largest absolute Gasteiger partial charge is 0.388 e. The van der Waals surface area contributed by atoms with Gasteiger partial charge >= 0.3 is 0 Å². The summed E-state index contributed by atoms with van der Waals surface area (Å²) in [4.78, 5) is 16.4. The first-order chi connectivity index (χ1) is 9.92. The second-order valence-corrected chi connectivity index (χ2v) is 5.82. The number of fused-ring (bicyclic) bond motifs is 1. The topological polar surface area (TPSA) is 66.6 Å². The zero-order chi connectivity index (χ0) is 15.5. The Labute approximate surface area is 125 Å². The third-order valence-electron chi connectivity index (χ3n) is 4.07. The predicted octanol–water partition coefficient (Wildman–Crippen LogP) is 1.79. The average molecular weight is 289 g/mol. The maximum absolute atomic E-state index is 12.0. The van der Waals surface area contributed by atoms with Crippen molar-refractivity contribution in [1.82, 2.24) is 14.7 Å². The maximum Gasteiger partial charge on any atom is 0.226 e. The number of imidazole rings is 1. The lowest BCUT2D eigenvalue weighted by Crippen LogP contribution is -2.45. The van der Waals surface area contributed by atoms with Crippen LogP contribution in [0.5, 0.6) is 0 Å². The number of carbonyl (C=O) groups excluding carboxylic acids is 1. The average Bonchev–Trinajstić information content (AvgIpc) is 2.86. The highest BCUT2D eigenvalue weighted by Gasteiger charge is 2.27. The number of aliphatic hydroxyl groups is 1. The molecule has 2 atom stereocenters. The van der Waals surface area contributed by atoms with Gasteiger partial charge in [0.2, 0.25) is 5.91 Å². The molecule has 0 aromatic carbocycles. The minimum Gasteiger partial charge on any atom is -0.388 e. The number of pyridine rings is 1. The van der Waals surface area contributed by atoms with Gasteiger partial charge in [0.05, 0.1) is 17.7 Å². The van der Waals surface area contributed by atoms with E-state index in [4.69, 9.17) is 0 Å². The van der Waals surface area contributed by atoms with Gasteiger partial charge in [0.25, 0.3) is 0 Å². The van der Waals surface area contributed by atoms with E-state index < -0.39 is 5.60 Å². The Kier molecular flexibility index (Phi) is 4.63. The molecule has 0 bridgehead atoms. The van der Waals surface area contributed by atoms with Gasteiger partial charge in [-0.1, -0.05) is 26.3 Å². The fraction of sp³-hybridized carbons (Fsp3) is 0.500. The van der Waals surface area contributed by atoms with E-state index in [1.54, 1.807) is 6.92 Å². The van der Waals surface area contributed by atoms with Gasteiger partial charge in [0.15, 0.2) is 0 Å². The number of nitrogens with one attached hydrogen (secondary N) is 1. The molecule has 0 spiro atoms. The summed E-state index contributed by atoms with van der Waals surface area (Å²) in [5.74, 6) is 0.00924. The molecule has 5 heteroatoms. The van der Waals surface area contributed by atoms with Crippen LogP contribution in [0.15, 0.2) is 30.6 Å². The van der Waals surface area contributed by atoms with Gasteiger partial charge < -0.3 is 14.8 Å². The lowest BCUT2D eigenvalue weighted by Gasteiger charge is -2.29. The molecule has 2 rings (SSSR count). The van der Waals surface area contributed by atoms with Crippen molar-refractivity contribution in [3.8, 4) is 0 Å². The highest BCUT2D eigenvalue weighted by Crippen LogP contribution is 2.18. The molecule has 0 saturated heterocycles. The van der Waals surface area contributed by atoms with Crippen LogP contribution in [0.1, 0.15) is 32.9 Å². The number of carbonyl (C=O) groups is 1. The third kappa shape index (κ3) is 3.82. The normalized spacial score (nSPS) is 15.6. The van der Waals surface area contributed by atoms with Crippen molar-refractivity contribution in [2.45, 2.75) is 39.2 Å². The predicted molar refractivity (Wildman–Crippen MR) is 82.0 cm³/mol. The van der Waals surface area contributed by atoms with Crippen molar-refractivity contribution in [3.63, 3.8) is 0 Å². The quantitative estimate of drug-likeness (QED) is 0.852. The summed E-state index contributed by atoms with van der Waals surface area (Å²) in [6.45, 7) is 6.02. The van der Waals surface area contributed by atoms with Gasteiger partial charge in [-0.25, -0.2) is 4.98 Å². The highest BCUT2D eigenvalue weighted by molar-refractivity contribution is 5.78. The molecule has 2 heterocycles. The Morgan fingerprint density at radius 1 is 1.52 bits per heavy atom. The number of rotatable bonds is 6. The van der Waals surface area contributed by atoms with Crippen LogP contribution in [-0.4, -0.2) is 32.5 Å². The van der Waals surface area contributed by atoms with E-state index in [0.29, 0.717) is 0 Å². The Bertz CT molecular complexity index is 586. The summed E-state index contributed by atoms with van der Waals surface area (Å²) in [6, 6.07) is 5.73. The molecule has 0 aliphatic carbocycles. The summed E-state index contributed by atoms with van der Waals surface area (Å²) < 4.78 is 1.89. The first-order valence-corrected chi connectivity index (χ1v) is 7.34. The summed E-state index contributed by atoms with van der Waals surface area (Å²) in [7, 11) is 0. The molecule has 0 aliphatic rings. The van der Waals surface area contributed by atoms with Crippen molar-refractivity contribution in [3.05, 3.63) is 36.3 Å². The number of amides is 1. The summed E-state index contributed by atoms with van der Waals surface area (Å²) in [5.41, 5.74) is 0.664. The molecule has 2 unspecified atom stereocenters. The van der Waals surface area contributed by atoms with Crippen molar-refractivity contribution in [2.75, 3.05) is 6.54 Å². The van der Waals surface area contributed by atoms with E-state index in [-0.39, 0.29) is 24.8 Å². The molecule has 114 valence electrons. The molecule has 0 saturated carbocycles. The van der Waals surface area contributed by atoms with Crippen LogP contribution in [-0.2, 0) is 11.2 Å². The Morgan fingerprint density at radius 3 is 2.95 bits per heavy atom. The summed E-state index contributed by atoms with van der Waals surface area (Å²) in [5, 5.41) is 13.1. The van der Waals surface area contributed by atoms with Crippen LogP contribution >= 0.6 is 0 Å². The number of hydrogen-bond donors (Lipinski definition) is 2. The maximum atomic E-state index is 12.0. The van der Waals surface area contributed by atoms with E-state index in [2.05, 4.69) is 10.3 Å². The lowest BCUT2D eigenvalue weighted by molar-refractivity contribution is -0.122. The number of hydrogen-bond acceptors (Lipinski definition) is 3. The molecule has 2 aromatic heterocycles. The van der Waals surface area contributed by atoms with Crippen molar-refractivity contribution < 1.29 is 9.90 Å². The SMILES string of the molecule is CCC(C)C(C)(O)CNC(=O)Cc1cn2ccccc2n1. The van der Waals surface area contributed by atoms with Crippen LogP contribution in [0.4, 0.5) is 0 Å². The summed E-state index contributed by atoms with van der Waals surface area (Å²) in [6.07, 6.45) is 4.84. The molecule has 5 nitrogen and oxygen atoms in total. The molecule has 2 aromatic rings. The van der Waals surface area contributed by atoms with Gasteiger partial charge in [0.1, 0.15) is 5.65 Å². The van der Waals surface area contributed by atoms with Crippen molar-refractivity contribution in [1.29, 1.82) is 0 Å². The van der Waals surface area contributed by atoms with Crippen LogP contribution in [0.3, 0.4) is 0 Å². The minimum atomic E-state index is -0.886. The van der Waals surface area contributed by atoms with Crippen molar-refractivity contribution >= 4 is 11.6 Å². The first-order valence-electron chi connectivity index (χ1n) is 7.34. The van der Waals surface area contributed by atoms with E-state index in [1.165, 1.54) is 0 Å². The van der Waals surface area contributed by atoms with E-state index in [1.807, 2.05) is 48.8 Å². The van der Waals surface area contributed by atoms with E-state index >= 15 is 0 Å². The molecule has 1 amide bonds. The highest BCUT2D eigenvalue weighted by atomic mass is 16.3. The van der Waals surface area contributed by atoms with Crippen LogP contribution in [0.25, 0.3) is 5.65 Å². The molecule has 0 radical (unpaired) electrons. The number of aromatic nitrogens is 2. The van der Waals surface area contributed by atoms with E-state index in [9.17, 15) is 9.90 Å². The Balaban J connectivity index is 1.93. The molecule has 21 heavy (non-hydrogen) atoms. The van der Waals surface area contributed by atoms with Crippen LogP contribution in [0.2, 0.25) is 0 Å². The summed E-state index contributed by atoms with van der Waals surface area (Å²) >= 11 is 0. The second kappa shape index (κ2) is 6.26. The monoisotopic (exact) mass is 289 g/mol. The van der Waals surface area contributed by atoms with Gasteiger partial charge in [-0.2, -0.15) is 0 Å². The molecular formula is C16H23N3O2. The minimum absolute atomic E-state index is 0.123. The van der Waals surface area contributed by atoms with Crippen LogP contribution < -0.4 is 5.32 Å². The Morgan fingerprint density at radius 2 is 2.29 bits per heavy atom. The first kappa shape index (κ1) is 15.5. The molecule has 0 aliphatic heterocycles. The molecular weight excluding hydrogens is 266 g/mol. The lowest BCUT2D eigenvalue weighted by atomic mass is 9.88. The van der Waals surface area contributed by atoms with Gasteiger partial charge in [-0.15, -0.1) is 0 Å². The fourth-order valence-electron chi connectivity index (χ4n) is 2.19. The smallest absolute Gasteiger partial charge is 0.226 e. The van der Waals surface area contributed by atoms with Crippen molar-refractivity contribution in [2.24, 2.45) is 5.92 Å². The zero-order valence-corrected chi connectivity index (χ0v) is 12.8.